The van der Waals surface area contributed by atoms with Gasteiger partial charge in [-0.15, -0.1) is 0 Å². The summed E-state index contributed by atoms with van der Waals surface area (Å²) in [6.45, 7) is 4.78. The van der Waals surface area contributed by atoms with Gasteiger partial charge in [0.25, 0.3) is 10.0 Å². The summed E-state index contributed by atoms with van der Waals surface area (Å²) in [5, 5.41) is 9.58. The summed E-state index contributed by atoms with van der Waals surface area (Å²) in [4.78, 5) is 0. The smallest absolute Gasteiger partial charge is 0.258 e. The van der Waals surface area contributed by atoms with E-state index in [4.69, 9.17) is 0 Å². The Morgan fingerprint density at radius 2 is 2.20 bits per heavy atom. The molecule has 3 unspecified atom stereocenters. The fraction of sp³-hybridized carbons (Fsp3) is 0.769. The van der Waals surface area contributed by atoms with Crippen LogP contribution in [0.3, 0.4) is 0 Å². The van der Waals surface area contributed by atoms with Crippen LogP contribution in [0.2, 0.25) is 0 Å². The third kappa shape index (κ3) is 3.05. The Labute approximate surface area is 120 Å². The number of aromatic amines is 1. The average molecular weight is 300 g/mol. The first-order valence-corrected chi connectivity index (χ1v) is 8.67. The fourth-order valence-electron chi connectivity index (χ4n) is 3.10. The van der Waals surface area contributed by atoms with Crippen molar-refractivity contribution in [3.8, 4) is 0 Å². The van der Waals surface area contributed by atoms with E-state index in [0.717, 1.165) is 19.3 Å². The summed E-state index contributed by atoms with van der Waals surface area (Å²) in [5.74, 6) is 0.992. The van der Waals surface area contributed by atoms with Gasteiger partial charge in [0.15, 0.2) is 5.03 Å². The first-order valence-electron chi connectivity index (χ1n) is 7.18. The van der Waals surface area contributed by atoms with Crippen LogP contribution >= 0.6 is 0 Å². The van der Waals surface area contributed by atoms with Crippen LogP contribution in [-0.4, -0.2) is 31.7 Å². The van der Waals surface area contributed by atoms with Gasteiger partial charge in [0.05, 0.1) is 6.20 Å². The maximum absolute atomic E-state index is 12.5. The van der Waals surface area contributed by atoms with Gasteiger partial charge in [0, 0.05) is 18.2 Å². The topological polar surface area (TPSA) is 86.9 Å². The summed E-state index contributed by atoms with van der Waals surface area (Å²) in [6, 6.07) is 0.0238. The molecule has 0 bridgehead atoms. The summed E-state index contributed by atoms with van der Waals surface area (Å²) in [5.41, 5.74) is 0.665. The summed E-state index contributed by atoms with van der Waals surface area (Å²) < 4.78 is 27.8. The van der Waals surface area contributed by atoms with Crippen LogP contribution < -0.4 is 10.0 Å². The van der Waals surface area contributed by atoms with Crippen molar-refractivity contribution in [1.29, 1.82) is 0 Å². The molecule has 1 fully saturated rings. The first-order chi connectivity index (χ1) is 9.49. The van der Waals surface area contributed by atoms with Gasteiger partial charge in [0.1, 0.15) is 0 Å². The Balaban J connectivity index is 2.13. The van der Waals surface area contributed by atoms with E-state index < -0.39 is 10.0 Å². The van der Waals surface area contributed by atoms with Crippen LogP contribution in [0.4, 0.5) is 0 Å². The predicted octanol–water partition coefficient (Wildman–Crippen LogP) is 1.23. The standard InChI is InChI=1S/C13H24N4O2S/c1-4-10-5-6-12(9(10)2)17-20(18,19)13-11(7-14-3)8-15-16-13/h8-10,12,14,17H,4-7H2,1-3H3,(H,15,16). The third-order valence-electron chi connectivity index (χ3n) is 4.37. The monoisotopic (exact) mass is 300 g/mol. The van der Waals surface area contributed by atoms with Gasteiger partial charge in [-0.05, 0) is 31.7 Å². The van der Waals surface area contributed by atoms with Crippen LogP contribution in [-0.2, 0) is 16.6 Å². The summed E-state index contributed by atoms with van der Waals surface area (Å²) in [6.07, 6.45) is 4.66. The molecule has 1 aliphatic carbocycles. The molecule has 3 atom stereocenters. The molecule has 0 amide bonds. The van der Waals surface area contributed by atoms with E-state index in [0.29, 0.717) is 23.9 Å². The maximum Gasteiger partial charge on any atom is 0.258 e. The molecule has 0 aliphatic heterocycles. The zero-order chi connectivity index (χ0) is 14.8. The molecule has 0 saturated heterocycles. The third-order valence-corrected chi connectivity index (χ3v) is 5.88. The molecule has 0 radical (unpaired) electrons. The van der Waals surface area contributed by atoms with Gasteiger partial charge in [-0.2, -0.15) is 5.10 Å². The highest BCUT2D eigenvalue weighted by Crippen LogP contribution is 2.34. The number of hydrogen-bond donors (Lipinski definition) is 3. The van der Waals surface area contributed by atoms with Gasteiger partial charge in [0.2, 0.25) is 0 Å². The van der Waals surface area contributed by atoms with E-state index in [9.17, 15) is 8.42 Å². The minimum Gasteiger partial charge on any atom is -0.316 e. The van der Waals surface area contributed by atoms with Gasteiger partial charge >= 0.3 is 0 Å². The van der Waals surface area contributed by atoms with Crippen molar-refractivity contribution in [1.82, 2.24) is 20.2 Å². The Morgan fingerprint density at radius 1 is 1.45 bits per heavy atom. The van der Waals surface area contributed by atoms with Crippen molar-refractivity contribution in [2.24, 2.45) is 11.8 Å². The zero-order valence-electron chi connectivity index (χ0n) is 12.3. The minimum atomic E-state index is -3.53. The van der Waals surface area contributed by atoms with Crippen molar-refractivity contribution in [2.75, 3.05) is 7.05 Å². The molecule has 3 N–H and O–H groups in total. The van der Waals surface area contributed by atoms with Crippen molar-refractivity contribution in [3.05, 3.63) is 11.8 Å². The number of nitrogens with one attached hydrogen (secondary N) is 3. The maximum atomic E-state index is 12.5. The van der Waals surface area contributed by atoms with Crippen LogP contribution in [0.15, 0.2) is 11.2 Å². The molecule has 1 aromatic heterocycles. The molecule has 0 aromatic carbocycles. The zero-order valence-corrected chi connectivity index (χ0v) is 13.1. The lowest BCUT2D eigenvalue weighted by molar-refractivity contribution is 0.368. The van der Waals surface area contributed by atoms with Crippen LogP contribution in [0.1, 0.15) is 38.7 Å². The number of sulfonamides is 1. The number of nitrogens with zero attached hydrogens (tertiary/aromatic N) is 1. The Bertz CT molecular complexity index is 540. The molecule has 2 rings (SSSR count). The minimum absolute atomic E-state index is 0.0238. The average Bonchev–Trinajstić information content (AvgIpc) is 2.98. The highest BCUT2D eigenvalue weighted by Gasteiger charge is 2.35. The summed E-state index contributed by atoms with van der Waals surface area (Å²) >= 11 is 0. The second kappa shape index (κ2) is 6.24. The van der Waals surface area contributed by atoms with E-state index in [-0.39, 0.29) is 11.1 Å². The lowest BCUT2D eigenvalue weighted by atomic mass is 9.94. The molecule has 7 heteroatoms. The van der Waals surface area contributed by atoms with Crippen LogP contribution in [0, 0.1) is 11.8 Å². The number of hydrogen-bond acceptors (Lipinski definition) is 4. The number of H-pyrrole nitrogens is 1. The van der Waals surface area contributed by atoms with E-state index in [1.165, 1.54) is 0 Å². The van der Waals surface area contributed by atoms with Crippen molar-refractivity contribution >= 4 is 10.0 Å². The van der Waals surface area contributed by atoms with Crippen LogP contribution in [0.25, 0.3) is 0 Å². The molecular formula is C13H24N4O2S. The highest BCUT2D eigenvalue weighted by molar-refractivity contribution is 7.89. The van der Waals surface area contributed by atoms with Crippen molar-refractivity contribution < 1.29 is 8.42 Å². The molecule has 1 heterocycles. The largest absolute Gasteiger partial charge is 0.316 e. The van der Waals surface area contributed by atoms with Gasteiger partial charge in [-0.25, -0.2) is 13.1 Å². The lowest BCUT2D eigenvalue weighted by Crippen LogP contribution is -2.38. The normalized spacial score (nSPS) is 27.1. The number of aromatic nitrogens is 2. The van der Waals surface area contributed by atoms with Gasteiger partial charge in [-0.1, -0.05) is 20.3 Å². The van der Waals surface area contributed by atoms with Crippen molar-refractivity contribution in [2.45, 2.75) is 50.7 Å². The second-order valence-corrected chi connectivity index (χ2v) is 7.24. The molecule has 114 valence electrons. The quantitative estimate of drug-likeness (QED) is 0.737. The second-order valence-electron chi connectivity index (χ2n) is 5.59. The predicted molar refractivity (Wildman–Crippen MR) is 77.6 cm³/mol. The molecule has 0 spiro atoms. The van der Waals surface area contributed by atoms with E-state index in [1.54, 1.807) is 13.2 Å². The first kappa shape index (κ1) is 15.5. The highest BCUT2D eigenvalue weighted by atomic mass is 32.2. The lowest BCUT2D eigenvalue weighted by Gasteiger charge is -2.20. The van der Waals surface area contributed by atoms with E-state index in [1.807, 2.05) is 0 Å². The molecular weight excluding hydrogens is 276 g/mol. The van der Waals surface area contributed by atoms with Gasteiger partial charge in [-0.3, -0.25) is 5.10 Å². The van der Waals surface area contributed by atoms with Crippen molar-refractivity contribution in [3.63, 3.8) is 0 Å². The molecule has 1 aromatic rings. The Hall–Kier alpha value is -0.920. The Morgan fingerprint density at radius 3 is 2.80 bits per heavy atom. The Kier molecular flexibility index (Phi) is 4.82. The molecule has 20 heavy (non-hydrogen) atoms. The fourth-order valence-corrected chi connectivity index (χ4v) is 4.59. The molecule has 1 aliphatic rings. The molecule has 6 nitrogen and oxygen atoms in total. The molecule has 1 saturated carbocycles. The van der Waals surface area contributed by atoms with E-state index in [2.05, 4.69) is 34.1 Å². The number of rotatable bonds is 6. The van der Waals surface area contributed by atoms with Crippen LogP contribution in [0.5, 0.6) is 0 Å². The van der Waals surface area contributed by atoms with Gasteiger partial charge < -0.3 is 5.32 Å². The van der Waals surface area contributed by atoms with E-state index >= 15 is 0 Å². The summed E-state index contributed by atoms with van der Waals surface area (Å²) in [7, 11) is -1.75. The SMILES string of the molecule is CCC1CCC(NS(=O)(=O)c2[nH]ncc2CNC)C1C.